The van der Waals surface area contributed by atoms with Crippen LogP contribution in [0.1, 0.15) is 84.5 Å². The van der Waals surface area contributed by atoms with Gasteiger partial charge in [-0.2, -0.15) is 0 Å². The molecule has 1 aliphatic rings. The zero-order valence-corrected chi connectivity index (χ0v) is 18.5. The molecular weight excluding hydrogens is 369 g/mol. The van der Waals surface area contributed by atoms with Gasteiger partial charge in [-0.3, -0.25) is 14.4 Å². The molecule has 0 spiro atoms. The third kappa shape index (κ3) is 15.0. The van der Waals surface area contributed by atoms with E-state index in [2.05, 4.69) is 42.3 Å². The predicted molar refractivity (Wildman–Crippen MR) is 113 cm³/mol. The smallest absolute Gasteiger partial charge is 0.418 e. The highest BCUT2D eigenvalue weighted by atomic mass is 19.5. The molecule has 1 fully saturated rings. The third-order valence-electron chi connectivity index (χ3n) is 4.88. The average molecular weight is 411 g/mol. The van der Waals surface area contributed by atoms with Crippen molar-refractivity contribution in [1.82, 2.24) is 9.80 Å². The van der Waals surface area contributed by atoms with Gasteiger partial charge in [0.15, 0.2) is 0 Å². The SMILES string of the molecule is CCCCCCN(CCCCCC)C(N(C)C)=[N+]1CCCCC1.F[B-](F)(F)F. The molecule has 0 saturated carbocycles. The van der Waals surface area contributed by atoms with Gasteiger partial charge in [0.05, 0.1) is 40.3 Å². The van der Waals surface area contributed by atoms with E-state index in [0.29, 0.717) is 0 Å². The summed E-state index contributed by atoms with van der Waals surface area (Å²) in [6, 6.07) is 0. The first-order valence-corrected chi connectivity index (χ1v) is 11.1. The number of piperidine rings is 1. The van der Waals surface area contributed by atoms with E-state index < -0.39 is 7.25 Å². The van der Waals surface area contributed by atoms with Crippen LogP contribution in [0.25, 0.3) is 0 Å². The fourth-order valence-corrected chi connectivity index (χ4v) is 3.63. The Kier molecular flexibility index (Phi) is 15.4. The molecule has 8 heteroatoms. The van der Waals surface area contributed by atoms with Gasteiger partial charge in [-0.05, 0) is 32.1 Å². The van der Waals surface area contributed by atoms with E-state index in [1.807, 2.05) is 0 Å². The second-order valence-corrected chi connectivity index (χ2v) is 7.85. The number of guanidine groups is 1. The van der Waals surface area contributed by atoms with E-state index in [1.165, 1.54) is 103 Å². The van der Waals surface area contributed by atoms with Crippen molar-refractivity contribution in [3.63, 3.8) is 0 Å². The highest BCUT2D eigenvalue weighted by Gasteiger charge is 2.25. The Labute approximate surface area is 170 Å². The lowest BCUT2D eigenvalue weighted by Crippen LogP contribution is -2.48. The summed E-state index contributed by atoms with van der Waals surface area (Å²) in [5.74, 6) is 1.48. The molecule has 0 aliphatic carbocycles. The molecule has 1 aliphatic heterocycles. The molecule has 1 rings (SSSR count). The first-order chi connectivity index (χ1) is 13.2. The van der Waals surface area contributed by atoms with Crippen molar-refractivity contribution in [2.75, 3.05) is 40.3 Å². The molecule has 0 N–H and O–H groups in total. The molecular formula is C20H42BF4N3. The zero-order chi connectivity index (χ0) is 21.4. The van der Waals surface area contributed by atoms with E-state index in [0.717, 1.165) is 0 Å². The molecule has 0 atom stereocenters. The van der Waals surface area contributed by atoms with Crippen LogP contribution >= 0.6 is 0 Å². The van der Waals surface area contributed by atoms with Crippen molar-refractivity contribution in [1.29, 1.82) is 0 Å². The maximum atomic E-state index is 9.75. The van der Waals surface area contributed by atoms with Gasteiger partial charge in [-0.25, -0.2) is 0 Å². The normalized spacial score (nSPS) is 14.4. The zero-order valence-electron chi connectivity index (χ0n) is 18.5. The molecule has 0 bridgehead atoms. The fraction of sp³-hybridized carbons (Fsp3) is 0.950. The van der Waals surface area contributed by atoms with Crippen LogP contribution in [0.2, 0.25) is 0 Å². The lowest BCUT2D eigenvalue weighted by atomic mass is 10.1. The molecule has 28 heavy (non-hydrogen) atoms. The third-order valence-corrected chi connectivity index (χ3v) is 4.88. The fourth-order valence-electron chi connectivity index (χ4n) is 3.63. The van der Waals surface area contributed by atoms with E-state index in [-0.39, 0.29) is 0 Å². The molecule has 3 nitrogen and oxygen atoms in total. The first-order valence-electron chi connectivity index (χ1n) is 11.1. The van der Waals surface area contributed by atoms with Gasteiger partial charge >= 0.3 is 13.2 Å². The Bertz CT molecular complexity index is 389. The Balaban J connectivity index is 0.00000129. The van der Waals surface area contributed by atoms with E-state index in [1.54, 1.807) is 0 Å². The maximum absolute atomic E-state index is 9.75. The van der Waals surface area contributed by atoms with Crippen molar-refractivity contribution in [2.24, 2.45) is 0 Å². The summed E-state index contributed by atoms with van der Waals surface area (Å²) in [5.41, 5.74) is 0. The lowest BCUT2D eigenvalue weighted by molar-refractivity contribution is -0.546. The van der Waals surface area contributed by atoms with Gasteiger partial charge in [0.25, 0.3) is 0 Å². The molecule has 0 radical (unpaired) electrons. The Morgan fingerprint density at radius 1 is 0.750 bits per heavy atom. The summed E-state index contributed by atoms with van der Waals surface area (Å²) >= 11 is 0. The molecule has 0 aromatic carbocycles. The molecule has 0 unspecified atom stereocenters. The molecule has 0 amide bonds. The number of unbranched alkanes of at least 4 members (excludes halogenated alkanes) is 6. The number of rotatable bonds is 10. The standard InChI is InChI=1S/C20H42N3.BF4/c1-5-7-9-12-16-22(17-13-10-8-6-2)20(21(3)4)23-18-14-11-15-19-23;2-1(3,4)5/h5-19H2,1-4H3;/q+1;-1. The lowest BCUT2D eigenvalue weighted by Gasteiger charge is -2.28. The predicted octanol–water partition coefficient (Wildman–Crippen LogP) is 5.86. The minimum absolute atomic E-state index is 1.23. The Hall–Kier alpha value is -0.945. The highest BCUT2D eigenvalue weighted by Crippen LogP contribution is 2.11. The van der Waals surface area contributed by atoms with Gasteiger partial charge in [-0.15, -0.1) is 0 Å². The minimum atomic E-state index is -6.00. The molecule has 0 aromatic rings. The van der Waals surface area contributed by atoms with Crippen LogP contribution in [0.3, 0.4) is 0 Å². The number of nitrogens with zero attached hydrogens (tertiary/aromatic N) is 3. The molecule has 0 aromatic heterocycles. The van der Waals surface area contributed by atoms with Crippen molar-refractivity contribution >= 4 is 13.2 Å². The minimum Gasteiger partial charge on any atom is -0.418 e. The van der Waals surface area contributed by atoms with E-state index in [4.69, 9.17) is 0 Å². The van der Waals surface area contributed by atoms with Gasteiger partial charge in [0.1, 0.15) is 0 Å². The summed E-state index contributed by atoms with van der Waals surface area (Å²) < 4.78 is 41.6. The summed E-state index contributed by atoms with van der Waals surface area (Å²) in [6.45, 7) is 9.55. The summed E-state index contributed by atoms with van der Waals surface area (Å²) in [4.78, 5) is 5.06. The van der Waals surface area contributed by atoms with Crippen LogP contribution < -0.4 is 0 Å². The first kappa shape index (κ1) is 27.1. The van der Waals surface area contributed by atoms with Crippen LogP contribution in [0.15, 0.2) is 0 Å². The molecule has 1 saturated heterocycles. The number of halogens is 4. The van der Waals surface area contributed by atoms with Gasteiger partial charge < -0.3 is 17.3 Å². The summed E-state index contributed by atoms with van der Waals surface area (Å²) in [7, 11) is -1.54. The summed E-state index contributed by atoms with van der Waals surface area (Å²) in [5, 5.41) is 0. The average Bonchev–Trinajstić information content (AvgIpc) is 2.61. The second kappa shape index (κ2) is 15.9. The monoisotopic (exact) mass is 411 g/mol. The van der Waals surface area contributed by atoms with Crippen LogP contribution in [-0.2, 0) is 0 Å². The van der Waals surface area contributed by atoms with Crippen molar-refractivity contribution in [3.8, 4) is 0 Å². The number of hydrogen-bond donors (Lipinski definition) is 0. The molecule has 168 valence electrons. The Morgan fingerprint density at radius 3 is 1.54 bits per heavy atom. The quantitative estimate of drug-likeness (QED) is 0.146. The van der Waals surface area contributed by atoms with Crippen molar-refractivity contribution in [2.45, 2.75) is 84.5 Å². The Morgan fingerprint density at radius 2 is 1.18 bits per heavy atom. The van der Waals surface area contributed by atoms with Crippen LogP contribution in [-0.4, -0.2) is 67.9 Å². The molecule has 1 heterocycles. The highest BCUT2D eigenvalue weighted by molar-refractivity contribution is 6.50. The van der Waals surface area contributed by atoms with Crippen LogP contribution in [0.5, 0.6) is 0 Å². The number of hydrogen-bond acceptors (Lipinski definition) is 0. The topological polar surface area (TPSA) is 9.49 Å². The van der Waals surface area contributed by atoms with E-state index >= 15 is 0 Å². The maximum Gasteiger partial charge on any atom is 0.673 e. The van der Waals surface area contributed by atoms with Gasteiger partial charge in [0, 0.05) is 0 Å². The van der Waals surface area contributed by atoms with E-state index in [9.17, 15) is 17.3 Å². The second-order valence-electron chi connectivity index (χ2n) is 7.85. The van der Waals surface area contributed by atoms with Crippen LogP contribution in [0, 0.1) is 0 Å². The van der Waals surface area contributed by atoms with Gasteiger partial charge in [-0.1, -0.05) is 52.4 Å². The summed E-state index contributed by atoms with van der Waals surface area (Å²) in [6.07, 6.45) is 15.0. The van der Waals surface area contributed by atoms with Gasteiger partial charge in [0.2, 0.25) is 0 Å². The van der Waals surface area contributed by atoms with Crippen molar-refractivity contribution < 1.29 is 21.8 Å². The largest absolute Gasteiger partial charge is 0.673 e. The van der Waals surface area contributed by atoms with Crippen LogP contribution in [0.4, 0.5) is 17.3 Å². The van der Waals surface area contributed by atoms with Crippen molar-refractivity contribution in [3.05, 3.63) is 0 Å².